The fourth-order valence-corrected chi connectivity index (χ4v) is 0.574. The van der Waals surface area contributed by atoms with Crippen molar-refractivity contribution in [2.75, 3.05) is 5.88 Å². The molecule has 0 rings (SSSR count). The Kier molecular flexibility index (Phi) is 4.44. The Morgan fingerprint density at radius 2 is 2.12 bits per heavy atom. The number of hydrogen-bond donors (Lipinski definition) is 0. The number of hydrogen-bond acceptors (Lipinski definition) is 0. The zero-order valence-corrected chi connectivity index (χ0v) is 6.39. The predicted molar refractivity (Wildman–Crippen MR) is 39.6 cm³/mol. The molecule has 0 nitrogen and oxygen atoms in total. The lowest BCUT2D eigenvalue weighted by atomic mass is 10.3. The molecule has 46 valence electrons. The third-order valence-corrected chi connectivity index (χ3v) is 1.62. The van der Waals surface area contributed by atoms with E-state index in [0.29, 0.717) is 16.5 Å². The van der Waals surface area contributed by atoms with Gasteiger partial charge in [-0.2, -0.15) is 0 Å². The smallest absolute Gasteiger partial charge is 0.0557 e. The van der Waals surface area contributed by atoms with Crippen molar-refractivity contribution in [2.24, 2.45) is 0 Å². The van der Waals surface area contributed by atoms with Crippen LogP contribution in [0.4, 0.5) is 0 Å². The molecule has 0 aromatic carbocycles. The van der Waals surface area contributed by atoms with Gasteiger partial charge in [-0.3, -0.25) is 0 Å². The Hall–Kier alpha value is 0.350. The number of allylic oxidation sites excluding steroid dienone is 2. The molecule has 0 aromatic rings. The van der Waals surface area contributed by atoms with E-state index in [1.54, 1.807) is 0 Å². The van der Waals surface area contributed by atoms with Gasteiger partial charge in [0, 0.05) is 11.4 Å². The molecule has 0 spiro atoms. The second kappa shape index (κ2) is 4.25. The minimum absolute atomic E-state index is 0.321. The number of alkyl halides is 1. The lowest BCUT2D eigenvalue weighted by molar-refractivity contribution is 1.55. The van der Waals surface area contributed by atoms with Crippen molar-refractivity contribution in [1.82, 2.24) is 0 Å². The first kappa shape index (κ1) is 8.35. The minimum Gasteiger partial charge on any atom is -0.122 e. The van der Waals surface area contributed by atoms with E-state index in [0.717, 1.165) is 0 Å². The second-order valence-electron chi connectivity index (χ2n) is 1.19. The van der Waals surface area contributed by atoms with Gasteiger partial charge in [0.2, 0.25) is 0 Å². The Morgan fingerprint density at radius 1 is 1.62 bits per heavy atom. The van der Waals surface area contributed by atoms with E-state index in [9.17, 15) is 0 Å². The van der Waals surface area contributed by atoms with Crippen molar-refractivity contribution in [2.45, 2.75) is 0 Å². The van der Waals surface area contributed by atoms with Crippen LogP contribution in [0.15, 0.2) is 22.7 Å². The average Bonchev–Trinajstić information content (AvgIpc) is 1.84. The molecule has 0 radical (unpaired) electrons. The highest BCUT2D eigenvalue weighted by molar-refractivity contribution is 6.39. The van der Waals surface area contributed by atoms with Gasteiger partial charge in [-0.05, 0) is 5.57 Å². The maximum atomic E-state index is 5.46. The Morgan fingerprint density at radius 3 is 2.25 bits per heavy atom. The van der Waals surface area contributed by atoms with Crippen LogP contribution < -0.4 is 0 Å². The molecule has 0 N–H and O–H groups in total. The van der Waals surface area contributed by atoms with E-state index >= 15 is 0 Å². The van der Waals surface area contributed by atoms with Gasteiger partial charge in [-0.1, -0.05) is 29.8 Å². The van der Waals surface area contributed by atoms with Gasteiger partial charge < -0.3 is 0 Å². The molecule has 8 heavy (non-hydrogen) atoms. The zero-order valence-electron chi connectivity index (χ0n) is 4.13. The maximum Gasteiger partial charge on any atom is 0.0557 e. The van der Waals surface area contributed by atoms with Gasteiger partial charge >= 0.3 is 0 Å². The number of halogens is 3. The molecule has 0 amide bonds. The van der Waals surface area contributed by atoms with Crippen molar-refractivity contribution < 1.29 is 0 Å². The SMILES string of the molecule is C=C(CCl)/C(Cl)=C/Cl. The molecule has 0 aromatic heterocycles. The molecule has 3 heteroatoms. The molecule has 0 aliphatic heterocycles. The molecular weight excluding hydrogens is 166 g/mol. The molecule has 0 aliphatic rings. The quantitative estimate of drug-likeness (QED) is 0.442. The maximum absolute atomic E-state index is 5.46. The van der Waals surface area contributed by atoms with Crippen molar-refractivity contribution in [3.63, 3.8) is 0 Å². The van der Waals surface area contributed by atoms with Gasteiger partial charge in [-0.15, -0.1) is 11.6 Å². The summed E-state index contributed by atoms with van der Waals surface area (Å²) in [5.41, 5.74) is 1.88. The molecule has 0 bridgehead atoms. The molecule has 0 aliphatic carbocycles. The first-order valence-corrected chi connectivity index (χ1v) is 3.27. The summed E-state index contributed by atoms with van der Waals surface area (Å²) in [5, 5.41) is 0.418. The molecule has 0 fully saturated rings. The van der Waals surface area contributed by atoms with Gasteiger partial charge in [0.15, 0.2) is 0 Å². The van der Waals surface area contributed by atoms with Crippen LogP contribution in [-0.4, -0.2) is 5.88 Å². The van der Waals surface area contributed by atoms with Gasteiger partial charge in [0.1, 0.15) is 0 Å². The van der Waals surface area contributed by atoms with Gasteiger partial charge in [0.05, 0.1) is 5.03 Å². The third-order valence-electron chi connectivity index (χ3n) is 0.595. The van der Waals surface area contributed by atoms with Crippen molar-refractivity contribution >= 4 is 34.8 Å². The van der Waals surface area contributed by atoms with Crippen LogP contribution in [0.5, 0.6) is 0 Å². The second-order valence-corrected chi connectivity index (χ2v) is 2.09. The zero-order chi connectivity index (χ0) is 6.57. The summed E-state index contributed by atoms with van der Waals surface area (Å²) in [6.07, 6.45) is 0. The standard InChI is InChI=1S/C5H5Cl3/c1-4(2-6)5(8)3-7/h3H,1-2H2/b5-3-. The summed E-state index contributed by atoms with van der Waals surface area (Å²) in [4.78, 5) is 0. The van der Waals surface area contributed by atoms with E-state index in [4.69, 9.17) is 34.8 Å². The molecular formula is C5H5Cl3. The summed E-state index contributed by atoms with van der Waals surface area (Å²) in [6, 6.07) is 0. The minimum atomic E-state index is 0.321. The predicted octanol–water partition coefficient (Wildman–Crippen LogP) is 3.10. The van der Waals surface area contributed by atoms with Crippen molar-refractivity contribution in [3.8, 4) is 0 Å². The van der Waals surface area contributed by atoms with Crippen LogP contribution in [-0.2, 0) is 0 Å². The van der Waals surface area contributed by atoms with Crippen LogP contribution in [0.25, 0.3) is 0 Å². The van der Waals surface area contributed by atoms with E-state index in [-0.39, 0.29) is 0 Å². The van der Waals surface area contributed by atoms with E-state index in [1.165, 1.54) is 5.54 Å². The van der Waals surface area contributed by atoms with E-state index < -0.39 is 0 Å². The summed E-state index contributed by atoms with van der Waals surface area (Å²) in [6.45, 7) is 3.53. The van der Waals surface area contributed by atoms with Crippen LogP contribution in [0, 0.1) is 0 Å². The highest BCUT2D eigenvalue weighted by atomic mass is 35.5. The monoisotopic (exact) mass is 170 g/mol. The van der Waals surface area contributed by atoms with Crippen molar-refractivity contribution in [3.05, 3.63) is 22.7 Å². The molecule has 0 heterocycles. The van der Waals surface area contributed by atoms with Crippen LogP contribution in [0.3, 0.4) is 0 Å². The van der Waals surface area contributed by atoms with E-state index in [1.807, 2.05) is 0 Å². The summed E-state index contributed by atoms with van der Waals surface area (Å²) >= 11 is 16.0. The Labute approximate surface area is 63.7 Å². The lowest BCUT2D eigenvalue weighted by Gasteiger charge is -1.92. The van der Waals surface area contributed by atoms with Crippen molar-refractivity contribution in [1.29, 1.82) is 0 Å². The molecule has 0 atom stereocenters. The highest BCUT2D eigenvalue weighted by Crippen LogP contribution is 2.14. The van der Waals surface area contributed by atoms with E-state index in [2.05, 4.69) is 6.58 Å². The Balaban J connectivity index is 3.83. The van der Waals surface area contributed by atoms with Crippen LogP contribution in [0.1, 0.15) is 0 Å². The summed E-state index contributed by atoms with van der Waals surface area (Å²) < 4.78 is 0. The van der Waals surface area contributed by atoms with Crippen LogP contribution in [0.2, 0.25) is 0 Å². The molecule has 0 saturated carbocycles. The highest BCUT2D eigenvalue weighted by Gasteiger charge is 1.93. The summed E-state index contributed by atoms with van der Waals surface area (Å²) in [7, 11) is 0. The summed E-state index contributed by atoms with van der Waals surface area (Å²) in [5.74, 6) is 0.321. The van der Waals surface area contributed by atoms with Gasteiger partial charge in [-0.25, -0.2) is 0 Å². The fraction of sp³-hybridized carbons (Fsp3) is 0.200. The lowest BCUT2D eigenvalue weighted by Crippen LogP contribution is -1.78. The normalized spacial score (nSPS) is 11.6. The molecule has 0 saturated heterocycles. The first-order valence-electron chi connectivity index (χ1n) is 1.92. The number of rotatable bonds is 2. The molecule has 0 unspecified atom stereocenters. The fourth-order valence-electron chi connectivity index (χ4n) is 0.141. The topological polar surface area (TPSA) is 0 Å². The average molecular weight is 171 g/mol. The van der Waals surface area contributed by atoms with Crippen LogP contribution >= 0.6 is 34.8 Å². The third kappa shape index (κ3) is 2.61. The Bertz CT molecular complexity index is 115. The van der Waals surface area contributed by atoms with Gasteiger partial charge in [0.25, 0.3) is 0 Å². The first-order chi connectivity index (χ1) is 3.72. The largest absolute Gasteiger partial charge is 0.122 e.